The average Bonchev–Trinajstić information content (AvgIpc) is 2.71. The van der Waals surface area contributed by atoms with Gasteiger partial charge >= 0.3 is 0 Å². The summed E-state index contributed by atoms with van der Waals surface area (Å²) >= 11 is 0. The van der Waals surface area contributed by atoms with Gasteiger partial charge in [0.05, 0.1) is 17.3 Å². The second-order valence-electron chi connectivity index (χ2n) is 6.58. The van der Waals surface area contributed by atoms with E-state index in [-0.39, 0.29) is 5.95 Å². The Hall–Kier alpha value is -3.43. The van der Waals surface area contributed by atoms with Crippen molar-refractivity contribution in [1.82, 2.24) is 14.9 Å². The van der Waals surface area contributed by atoms with Crippen molar-refractivity contribution in [2.24, 2.45) is 0 Å². The zero-order valence-corrected chi connectivity index (χ0v) is 17.5. The standard InChI is InChI=1S/C21H22N6.C2H6/c1-15-6-8-18(9-7-15)24-20-11-19(25-21(23)26-20)14-27(2)13-17-5-3-4-16(10-17)12-22;1-2/h3-11H,13-14H2,1-2H3,(H3,23,24,25,26);1-2H3. The smallest absolute Gasteiger partial charge is 0.222 e. The van der Waals surface area contributed by atoms with Crippen molar-refractivity contribution in [2.45, 2.75) is 33.9 Å². The summed E-state index contributed by atoms with van der Waals surface area (Å²) in [6.07, 6.45) is 0. The Morgan fingerprint density at radius 1 is 1.03 bits per heavy atom. The van der Waals surface area contributed by atoms with E-state index in [1.807, 2.05) is 76.3 Å². The molecule has 6 nitrogen and oxygen atoms in total. The van der Waals surface area contributed by atoms with Crippen LogP contribution in [-0.2, 0) is 13.1 Å². The summed E-state index contributed by atoms with van der Waals surface area (Å²) in [5, 5.41) is 12.3. The highest BCUT2D eigenvalue weighted by Crippen LogP contribution is 2.18. The Kier molecular flexibility index (Phi) is 8.13. The Bertz CT molecular complexity index is 960. The predicted molar refractivity (Wildman–Crippen MR) is 119 cm³/mol. The predicted octanol–water partition coefficient (Wildman–Crippen LogP) is 4.64. The van der Waals surface area contributed by atoms with Gasteiger partial charge in [-0.05, 0) is 43.8 Å². The first-order valence-electron chi connectivity index (χ1n) is 9.66. The lowest BCUT2D eigenvalue weighted by molar-refractivity contribution is 0.315. The number of hydrogen-bond acceptors (Lipinski definition) is 6. The third-order valence-corrected chi connectivity index (χ3v) is 4.06. The second kappa shape index (κ2) is 10.8. The Morgan fingerprint density at radius 2 is 1.76 bits per heavy atom. The lowest BCUT2D eigenvalue weighted by atomic mass is 10.1. The van der Waals surface area contributed by atoms with Gasteiger partial charge in [0.1, 0.15) is 5.82 Å². The Balaban J connectivity index is 0.00000145. The molecule has 0 spiro atoms. The van der Waals surface area contributed by atoms with Gasteiger partial charge in [-0.25, -0.2) is 4.98 Å². The fraction of sp³-hybridized carbons (Fsp3) is 0.261. The molecule has 0 amide bonds. The molecule has 0 bridgehead atoms. The van der Waals surface area contributed by atoms with Gasteiger partial charge in [-0.15, -0.1) is 0 Å². The minimum atomic E-state index is 0.238. The normalized spacial score (nSPS) is 10.1. The van der Waals surface area contributed by atoms with Crippen LogP contribution in [0.25, 0.3) is 0 Å². The molecule has 150 valence electrons. The van der Waals surface area contributed by atoms with Crippen molar-refractivity contribution >= 4 is 17.5 Å². The van der Waals surface area contributed by atoms with E-state index in [9.17, 15) is 0 Å². The van der Waals surface area contributed by atoms with Gasteiger partial charge < -0.3 is 11.1 Å². The number of nitrogens with two attached hydrogens (primary N) is 1. The van der Waals surface area contributed by atoms with Crippen LogP contribution in [0.2, 0.25) is 0 Å². The summed E-state index contributed by atoms with van der Waals surface area (Å²) in [6, 6.07) is 19.8. The average molecular weight is 389 g/mol. The van der Waals surface area contributed by atoms with Gasteiger partial charge in [-0.3, -0.25) is 4.90 Å². The molecular formula is C23H28N6. The zero-order chi connectivity index (χ0) is 21.2. The van der Waals surface area contributed by atoms with Crippen LogP contribution in [0, 0.1) is 18.3 Å². The molecule has 0 unspecified atom stereocenters. The number of anilines is 3. The molecule has 1 aromatic heterocycles. The number of nitrogen functional groups attached to an aromatic ring is 1. The number of benzene rings is 2. The largest absolute Gasteiger partial charge is 0.368 e. The van der Waals surface area contributed by atoms with Crippen LogP contribution >= 0.6 is 0 Å². The monoisotopic (exact) mass is 388 g/mol. The van der Waals surface area contributed by atoms with Gasteiger partial charge in [-0.1, -0.05) is 43.7 Å². The highest BCUT2D eigenvalue weighted by Gasteiger charge is 2.08. The lowest BCUT2D eigenvalue weighted by Crippen LogP contribution is -2.18. The number of aromatic nitrogens is 2. The van der Waals surface area contributed by atoms with Gasteiger partial charge in [0.2, 0.25) is 5.95 Å². The molecule has 3 rings (SSSR count). The first-order valence-corrected chi connectivity index (χ1v) is 9.66. The highest BCUT2D eigenvalue weighted by molar-refractivity contribution is 5.57. The summed E-state index contributed by atoms with van der Waals surface area (Å²) in [7, 11) is 2.00. The van der Waals surface area contributed by atoms with Crippen LogP contribution < -0.4 is 11.1 Å². The van der Waals surface area contributed by atoms with E-state index in [2.05, 4.69) is 26.3 Å². The zero-order valence-electron chi connectivity index (χ0n) is 17.5. The van der Waals surface area contributed by atoms with Crippen molar-refractivity contribution in [3.05, 3.63) is 77.0 Å². The minimum Gasteiger partial charge on any atom is -0.368 e. The maximum absolute atomic E-state index is 9.03. The number of nitrogens with one attached hydrogen (secondary N) is 1. The molecule has 6 heteroatoms. The molecule has 0 radical (unpaired) electrons. The van der Waals surface area contributed by atoms with Crippen molar-refractivity contribution in [2.75, 3.05) is 18.1 Å². The van der Waals surface area contributed by atoms with Crippen LogP contribution in [0.4, 0.5) is 17.5 Å². The van der Waals surface area contributed by atoms with E-state index in [4.69, 9.17) is 11.0 Å². The minimum absolute atomic E-state index is 0.238. The summed E-state index contributed by atoms with van der Waals surface area (Å²) < 4.78 is 0. The van der Waals surface area contributed by atoms with Crippen LogP contribution in [0.15, 0.2) is 54.6 Å². The first kappa shape index (κ1) is 21.9. The third kappa shape index (κ3) is 6.91. The molecule has 3 N–H and O–H groups in total. The van der Waals surface area contributed by atoms with Gasteiger partial charge in [0.15, 0.2) is 0 Å². The molecule has 1 heterocycles. The van der Waals surface area contributed by atoms with E-state index in [0.29, 0.717) is 24.5 Å². The summed E-state index contributed by atoms with van der Waals surface area (Å²) in [5.41, 5.74) is 10.6. The molecule has 0 aliphatic heterocycles. The molecule has 2 aromatic carbocycles. The Morgan fingerprint density at radius 3 is 2.45 bits per heavy atom. The molecule has 0 atom stereocenters. The molecule has 0 aliphatic rings. The van der Waals surface area contributed by atoms with E-state index in [1.54, 1.807) is 6.07 Å². The van der Waals surface area contributed by atoms with Crippen molar-refractivity contribution in [3.8, 4) is 6.07 Å². The van der Waals surface area contributed by atoms with Crippen LogP contribution in [0.1, 0.15) is 36.2 Å². The van der Waals surface area contributed by atoms with E-state index < -0.39 is 0 Å². The Labute approximate surface area is 173 Å². The number of aryl methyl sites for hydroxylation is 1. The highest BCUT2D eigenvalue weighted by atomic mass is 15.1. The fourth-order valence-electron chi connectivity index (χ4n) is 2.83. The molecular weight excluding hydrogens is 360 g/mol. The summed E-state index contributed by atoms with van der Waals surface area (Å²) in [6.45, 7) is 7.37. The maximum atomic E-state index is 9.03. The SMILES string of the molecule is CC.Cc1ccc(Nc2cc(CN(C)Cc3cccc(C#N)c3)nc(N)n2)cc1. The summed E-state index contributed by atoms with van der Waals surface area (Å²) in [4.78, 5) is 10.7. The van der Waals surface area contributed by atoms with Crippen LogP contribution in [0.5, 0.6) is 0 Å². The number of rotatable bonds is 6. The van der Waals surface area contributed by atoms with Crippen LogP contribution in [-0.4, -0.2) is 21.9 Å². The van der Waals surface area contributed by atoms with Gasteiger partial charge in [0, 0.05) is 24.8 Å². The number of nitrogens with zero attached hydrogens (tertiary/aromatic N) is 4. The van der Waals surface area contributed by atoms with Gasteiger partial charge in [-0.2, -0.15) is 10.2 Å². The molecule has 3 aromatic rings. The second-order valence-corrected chi connectivity index (χ2v) is 6.58. The molecule has 0 saturated heterocycles. The fourth-order valence-corrected chi connectivity index (χ4v) is 2.83. The van der Waals surface area contributed by atoms with Crippen molar-refractivity contribution in [1.29, 1.82) is 5.26 Å². The quantitative estimate of drug-likeness (QED) is 0.639. The van der Waals surface area contributed by atoms with Crippen molar-refractivity contribution in [3.63, 3.8) is 0 Å². The molecule has 0 fully saturated rings. The molecule has 29 heavy (non-hydrogen) atoms. The first-order chi connectivity index (χ1) is 14.0. The number of nitriles is 1. The maximum Gasteiger partial charge on any atom is 0.222 e. The van der Waals surface area contributed by atoms with E-state index in [1.165, 1.54) is 5.56 Å². The topological polar surface area (TPSA) is 90.9 Å². The molecule has 0 aliphatic carbocycles. The summed E-state index contributed by atoms with van der Waals surface area (Å²) in [5.74, 6) is 0.906. The lowest BCUT2D eigenvalue weighted by Gasteiger charge is -2.17. The van der Waals surface area contributed by atoms with Crippen molar-refractivity contribution < 1.29 is 0 Å². The van der Waals surface area contributed by atoms with E-state index >= 15 is 0 Å². The molecule has 0 saturated carbocycles. The van der Waals surface area contributed by atoms with Crippen LogP contribution in [0.3, 0.4) is 0 Å². The number of hydrogen-bond donors (Lipinski definition) is 2. The van der Waals surface area contributed by atoms with E-state index in [0.717, 1.165) is 16.9 Å². The van der Waals surface area contributed by atoms with Gasteiger partial charge in [0.25, 0.3) is 0 Å². The third-order valence-electron chi connectivity index (χ3n) is 4.06.